The van der Waals surface area contributed by atoms with E-state index in [4.69, 9.17) is 9.47 Å². The number of rotatable bonds is 3. The van der Waals surface area contributed by atoms with Crippen molar-refractivity contribution in [1.82, 2.24) is 0 Å². The highest BCUT2D eigenvalue weighted by atomic mass is 16.5. The third kappa shape index (κ3) is 2.02. The molecule has 7 heteroatoms. The lowest BCUT2D eigenvalue weighted by Gasteiger charge is -2.59. The van der Waals surface area contributed by atoms with Crippen molar-refractivity contribution < 1.29 is 28.7 Å². The van der Waals surface area contributed by atoms with Gasteiger partial charge in [0.1, 0.15) is 30.1 Å². The summed E-state index contributed by atoms with van der Waals surface area (Å²) in [7, 11) is 3.58. The average molecular weight is 428 g/mol. The zero-order valence-electron chi connectivity index (χ0n) is 18.6. The molecule has 2 unspecified atom stereocenters. The number of aliphatic hydroxyl groups is 1. The van der Waals surface area contributed by atoms with E-state index in [0.29, 0.717) is 17.3 Å². The first-order valence-electron chi connectivity index (χ1n) is 11.0. The third-order valence-corrected chi connectivity index (χ3v) is 8.89. The molecule has 1 aromatic rings. The predicted octanol–water partition coefficient (Wildman–Crippen LogP) is 1.96. The zero-order chi connectivity index (χ0) is 22.2. The molecule has 6 atom stereocenters. The first kappa shape index (κ1) is 20.5. The number of nitrogens with one attached hydrogen (secondary N) is 1. The van der Waals surface area contributed by atoms with Crippen molar-refractivity contribution in [3.63, 3.8) is 0 Å². The fourth-order valence-electron chi connectivity index (χ4n) is 7.89. The SMILES string of the molecule is C/C=C1/C[N+]2(C)CC[C@@]34c5ccccc5NC32[C@@H](O)C[C@@H]1[C@@]4(COC(C)=O)C(=O)OC. The number of allylic oxidation sites excluding steroid dienone is 1. The van der Waals surface area contributed by atoms with Crippen molar-refractivity contribution >= 4 is 17.6 Å². The second-order valence-electron chi connectivity index (χ2n) is 9.78. The van der Waals surface area contributed by atoms with Crippen LogP contribution in [0.2, 0.25) is 0 Å². The number of carbonyl (C=O) groups excluding carboxylic acids is 2. The van der Waals surface area contributed by atoms with E-state index in [1.54, 1.807) is 0 Å². The summed E-state index contributed by atoms with van der Waals surface area (Å²) >= 11 is 0. The Hall–Kier alpha value is -2.38. The Morgan fingerprint density at radius 2 is 2.10 bits per heavy atom. The maximum Gasteiger partial charge on any atom is 0.317 e. The lowest BCUT2D eigenvalue weighted by molar-refractivity contribution is -0.944. The minimum absolute atomic E-state index is 0.0680. The van der Waals surface area contributed by atoms with Crippen LogP contribution in [-0.2, 0) is 24.5 Å². The molecule has 1 saturated carbocycles. The van der Waals surface area contributed by atoms with Crippen molar-refractivity contribution in [1.29, 1.82) is 0 Å². The number of hydrogen-bond acceptors (Lipinski definition) is 6. The number of para-hydroxylation sites is 1. The lowest BCUT2D eigenvalue weighted by atomic mass is 9.45. The molecule has 5 aliphatic rings. The van der Waals surface area contributed by atoms with Crippen molar-refractivity contribution in [3.8, 4) is 0 Å². The van der Waals surface area contributed by atoms with Crippen molar-refractivity contribution in [2.45, 2.75) is 43.9 Å². The van der Waals surface area contributed by atoms with Gasteiger partial charge in [0, 0.05) is 24.9 Å². The van der Waals surface area contributed by atoms with Crippen molar-refractivity contribution in [2.75, 3.05) is 39.2 Å². The molecular weight excluding hydrogens is 396 g/mol. The van der Waals surface area contributed by atoms with Crippen LogP contribution in [0.4, 0.5) is 5.69 Å². The van der Waals surface area contributed by atoms with Gasteiger partial charge < -0.3 is 19.9 Å². The van der Waals surface area contributed by atoms with Crippen LogP contribution < -0.4 is 5.32 Å². The molecule has 6 rings (SSSR count). The summed E-state index contributed by atoms with van der Waals surface area (Å²) in [6.07, 6.45) is 2.50. The number of hydrogen-bond donors (Lipinski definition) is 2. The van der Waals surface area contributed by atoms with E-state index in [9.17, 15) is 14.7 Å². The number of benzene rings is 1. The number of fused-ring (bicyclic) bond motifs is 3. The number of nitrogens with zero attached hydrogens (tertiary/aromatic N) is 1. The van der Waals surface area contributed by atoms with Crippen LogP contribution in [0.15, 0.2) is 35.9 Å². The molecule has 1 aromatic carbocycles. The topological polar surface area (TPSA) is 84.9 Å². The summed E-state index contributed by atoms with van der Waals surface area (Å²) < 4.78 is 11.7. The molecule has 4 heterocycles. The van der Waals surface area contributed by atoms with Crippen LogP contribution in [0.1, 0.15) is 32.3 Å². The van der Waals surface area contributed by atoms with Gasteiger partial charge in [-0.1, -0.05) is 24.3 Å². The lowest BCUT2D eigenvalue weighted by Crippen LogP contribution is -2.78. The first-order chi connectivity index (χ1) is 14.7. The highest BCUT2D eigenvalue weighted by molar-refractivity contribution is 5.85. The Morgan fingerprint density at radius 1 is 1.35 bits per heavy atom. The summed E-state index contributed by atoms with van der Waals surface area (Å²) in [5, 5.41) is 15.5. The number of aliphatic hydroxyl groups excluding tert-OH is 1. The fraction of sp³-hybridized carbons (Fsp3) is 0.583. The monoisotopic (exact) mass is 427 g/mol. The van der Waals surface area contributed by atoms with Crippen molar-refractivity contribution in [2.24, 2.45) is 11.3 Å². The van der Waals surface area contributed by atoms with Gasteiger partial charge >= 0.3 is 11.9 Å². The molecule has 1 spiro atoms. The molecule has 2 N–H and O–H groups in total. The molecule has 7 nitrogen and oxygen atoms in total. The highest BCUT2D eigenvalue weighted by Crippen LogP contribution is 2.74. The second kappa shape index (κ2) is 6.33. The molecule has 0 amide bonds. The number of methoxy groups -OCH3 is 1. The van der Waals surface area contributed by atoms with E-state index in [2.05, 4.69) is 24.5 Å². The van der Waals surface area contributed by atoms with E-state index in [1.165, 1.54) is 14.0 Å². The Kier molecular flexibility index (Phi) is 4.19. The van der Waals surface area contributed by atoms with E-state index >= 15 is 0 Å². The molecule has 4 fully saturated rings. The van der Waals surface area contributed by atoms with E-state index in [1.807, 2.05) is 25.1 Å². The summed E-state index contributed by atoms with van der Waals surface area (Å²) in [6, 6.07) is 8.02. The second-order valence-corrected chi connectivity index (χ2v) is 9.78. The van der Waals surface area contributed by atoms with E-state index in [-0.39, 0.29) is 18.5 Å². The number of quaternary nitrogens is 1. The molecule has 31 heavy (non-hydrogen) atoms. The number of likely N-dealkylation sites (N-methyl/N-ethyl adjacent to an activating group) is 1. The summed E-state index contributed by atoms with van der Waals surface area (Å²) in [5.41, 5.74) is 0.332. The largest absolute Gasteiger partial charge is 0.468 e. The van der Waals surface area contributed by atoms with Crippen LogP contribution in [0, 0.1) is 11.3 Å². The summed E-state index contributed by atoms with van der Waals surface area (Å²) in [6.45, 7) is 4.80. The van der Waals surface area contributed by atoms with Gasteiger partial charge in [-0.25, -0.2) is 0 Å². The third-order valence-electron chi connectivity index (χ3n) is 8.89. The number of esters is 2. The van der Waals surface area contributed by atoms with Gasteiger partial charge in [0.2, 0.25) is 5.66 Å². The maximum absolute atomic E-state index is 13.9. The molecule has 0 aromatic heterocycles. The number of carbonyl (C=O) groups is 2. The summed E-state index contributed by atoms with van der Waals surface area (Å²) in [4.78, 5) is 25.9. The smallest absolute Gasteiger partial charge is 0.317 e. The molecule has 3 saturated heterocycles. The minimum Gasteiger partial charge on any atom is -0.468 e. The molecule has 4 bridgehead atoms. The maximum atomic E-state index is 13.9. The molecule has 166 valence electrons. The van der Waals surface area contributed by atoms with E-state index < -0.39 is 28.6 Å². The highest BCUT2D eigenvalue weighted by Gasteiger charge is 2.88. The normalized spacial score (nSPS) is 43.1. The molecular formula is C24H31N2O5+. The first-order valence-corrected chi connectivity index (χ1v) is 11.0. The Balaban J connectivity index is 1.92. The van der Waals surface area contributed by atoms with Crippen LogP contribution in [-0.4, -0.2) is 67.1 Å². The van der Waals surface area contributed by atoms with Crippen molar-refractivity contribution in [3.05, 3.63) is 41.5 Å². The van der Waals surface area contributed by atoms with Crippen LogP contribution >= 0.6 is 0 Å². The molecule has 4 aliphatic heterocycles. The Morgan fingerprint density at radius 3 is 2.77 bits per heavy atom. The Bertz CT molecular complexity index is 1010. The quantitative estimate of drug-likeness (QED) is 0.436. The van der Waals surface area contributed by atoms with Crippen LogP contribution in [0.3, 0.4) is 0 Å². The van der Waals surface area contributed by atoms with Crippen LogP contribution in [0.5, 0.6) is 0 Å². The van der Waals surface area contributed by atoms with Gasteiger partial charge in [0.05, 0.1) is 20.7 Å². The van der Waals surface area contributed by atoms with E-state index in [0.717, 1.165) is 29.9 Å². The van der Waals surface area contributed by atoms with Gasteiger partial charge in [-0.05, 0) is 30.5 Å². The zero-order valence-corrected chi connectivity index (χ0v) is 18.6. The van der Waals surface area contributed by atoms with Gasteiger partial charge in [-0.15, -0.1) is 0 Å². The minimum atomic E-state index is -1.14. The molecule has 1 aliphatic carbocycles. The fourth-order valence-corrected chi connectivity index (χ4v) is 7.89. The predicted molar refractivity (Wildman–Crippen MR) is 114 cm³/mol. The standard InChI is InChI=1S/C24H31N2O5/c1-5-16-13-26(3)11-10-23-17-8-6-7-9-19(17)25-24(23,26)20(28)12-18(16)22(23,21(29)30-4)14-31-15(2)27/h5-9,18,20,25,28H,10-14H2,1-4H3/q+1/b16-5-/t18-,20-,22-,23-,24?,26?/m0/s1. The average Bonchev–Trinajstić information content (AvgIpc) is 3.16. The van der Waals surface area contributed by atoms with Gasteiger partial charge in [-0.2, -0.15) is 0 Å². The summed E-state index contributed by atoms with van der Waals surface area (Å²) in [5.74, 6) is -1.09. The van der Waals surface area contributed by atoms with Gasteiger partial charge in [-0.3, -0.25) is 14.1 Å². The van der Waals surface area contributed by atoms with Gasteiger partial charge in [0.25, 0.3) is 0 Å². The van der Waals surface area contributed by atoms with Crippen LogP contribution in [0.25, 0.3) is 0 Å². The Labute approximate surface area is 182 Å². The number of ether oxygens (including phenoxy) is 2. The number of anilines is 1. The molecule has 0 radical (unpaired) electrons. The van der Waals surface area contributed by atoms with Gasteiger partial charge in [0.15, 0.2) is 0 Å².